The van der Waals surface area contributed by atoms with E-state index in [4.69, 9.17) is 39.5 Å². The maximum absolute atomic E-state index is 10.8. The largest absolute Gasteiger partial charge is 0.489 e. The van der Waals surface area contributed by atoms with Crippen molar-refractivity contribution in [2.45, 2.75) is 25.0 Å². The van der Waals surface area contributed by atoms with Crippen molar-refractivity contribution in [2.75, 3.05) is 5.32 Å². The van der Waals surface area contributed by atoms with Gasteiger partial charge in [0.1, 0.15) is 12.4 Å². The molecule has 0 aromatic heterocycles. The third-order valence-corrected chi connectivity index (χ3v) is 7.37. The molecule has 168 valence electrons. The summed E-state index contributed by atoms with van der Waals surface area (Å²) < 4.78 is 5.87. The molecule has 1 aliphatic heterocycles. The van der Waals surface area contributed by atoms with Crippen LogP contribution in [0, 0.1) is 16.0 Å². The molecule has 0 spiro atoms. The van der Waals surface area contributed by atoms with Gasteiger partial charge in [-0.3, -0.25) is 10.1 Å². The van der Waals surface area contributed by atoms with Gasteiger partial charge in [0.05, 0.1) is 31.7 Å². The lowest BCUT2D eigenvalue weighted by atomic mass is 9.77. The van der Waals surface area contributed by atoms with Crippen molar-refractivity contribution in [3.63, 3.8) is 0 Å². The van der Waals surface area contributed by atoms with E-state index < -0.39 is 4.92 Å². The number of anilines is 1. The van der Waals surface area contributed by atoms with Gasteiger partial charge in [-0.1, -0.05) is 59.1 Å². The number of nitro groups is 1. The Morgan fingerprint density at radius 3 is 2.45 bits per heavy atom. The van der Waals surface area contributed by atoms with Crippen LogP contribution in [0.4, 0.5) is 11.4 Å². The lowest BCUT2D eigenvalue weighted by Gasteiger charge is -2.38. The van der Waals surface area contributed by atoms with Crippen molar-refractivity contribution in [1.29, 1.82) is 0 Å². The zero-order valence-corrected chi connectivity index (χ0v) is 19.6. The fourth-order valence-electron chi connectivity index (χ4n) is 4.64. The van der Waals surface area contributed by atoms with Crippen LogP contribution in [0.2, 0.25) is 15.1 Å². The Kier molecular flexibility index (Phi) is 5.95. The van der Waals surface area contributed by atoms with Crippen LogP contribution in [0.1, 0.15) is 35.1 Å². The van der Waals surface area contributed by atoms with Crippen molar-refractivity contribution in [1.82, 2.24) is 0 Å². The molecule has 0 fully saturated rings. The third-order valence-electron chi connectivity index (χ3n) is 6.27. The Balaban J connectivity index is 1.34. The van der Waals surface area contributed by atoms with Crippen molar-refractivity contribution in [2.24, 2.45) is 5.92 Å². The molecule has 0 saturated carbocycles. The first-order valence-electron chi connectivity index (χ1n) is 10.5. The number of allylic oxidation sites excluding steroid dienone is 2. The van der Waals surface area contributed by atoms with Crippen LogP contribution in [-0.4, -0.2) is 4.92 Å². The lowest BCUT2D eigenvalue weighted by Crippen LogP contribution is -2.29. The van der Waals surface area contributed by atoms with E-state index in [1.165, 1.54) is 12.1 Å². The average Bonchev–Trinajstić information content (AvgIpc) is 3.31. The number of hydrogen-bond acceptors (Lipinski definition) is 4. The van der Waals surface area contributed by atoms with Crippen LogP contribution in [-0.2, 0) is 6.61 Å². The number of benzene rings is 3. The number of nitrogens with zero attached hydrogens (tertiary/aromatic N) is 1. The molecule has 3 atom stereocenters. The summed E-state index contributed by atoms with van der Waals surface area (Å²) in [5.74, 6) is 1.17. The van der Waals surface area contributed by atoms with Crippen LogP contribution in [0.3, 0.4) is 0 Å². The second-order valence-electron chi connectivity index (χ2n) is 8.20. The van der Waals surface area contributed by atoms with Gasteiger partial charge >= 0.3 is 0 Å². The fourth-order valence-corrected chi connectivity index (χ4v) is 5.45. The number of nitrogens with one attached hydrogen (secondary N) is 1. The summed E-state index contributed by atoms with van der Waals surface area (Å²) in [4.78, 5) is 10.4. The van der Waals surface area contributed by atoms with E-state index in [9.17, 15) is 10.1 Å². The zero-order valence-electron chi connectivity index (χ0n) is 17.3. The smallest absolute Gasteiger partial charge is 0.269 e. The van der Waals surface area contributed by atoms with E-state index >= 15 is 0 Å². The van der Waals surface area contributed by atoms with Crippen LogP contribution in [0.15, 0.2) is 66.7 Å². The summed E-state index contributed by atoms with van der Waals surface area (Å²) >= 11 is 19.4. The highest BCUT2D eigenvalue weighted by Crippen LogP contribution is 2.55. The summed E-state index contributed by atoms with van der Waals surface area (Å²) in [6.45, 7) is 0.329. The quantitative estimate of drug-likeness (QED) is 0.167. The van der Waals surface area contributed by atoms with Crippen molar-refractivity contribution in [3.8, 4) is 5.75 Å². The monoisotopic (exact) mass is 500 g/mol. The molecule has 33 heavy (non-hydrogen) atoms. The molecule has 1 heterocycles. The molecule has 5 rings (SSSR count). The Morgan fingerprint density at radius 2 is 1.76 bits per heavy atom. The van der Waals surface area contributed by atoms with Gasteiger partial charge in [0.15, 0.2) is 0 Å². The van der Waals surface area contributed by atoms with Gasteiger partial charge < -0.3 is 10.1 Å². The minimum Gasteiger partial charge on any atom is -0.489 e. The Hall–Kier alpha value is -2.73. The van der Waals surface area contributed by atoms with E-state index in [1.54, 1.807) is 18.2 Å². The molecule has 1 N–H and O–H groups in total. The van der Waals surface area contributed by atoms with E-state index in [1.807, 2.05) is 12.1 Å². The van der Waals surface area contributed by atoms with Crippen LogP contribution >= 0.6 is 34.8 Å². The van der Waals surface area contributed by atoms with Crippen molar-refractivity contribution in [3.05, 3.63) is 109 Å². The first-order valence-corrected chi connectivity index (χ1v) is 11.6. The number of nitro benzene ring substituents is 1. The van der Waals surface area contributed by atoms with E-state index in [0.29, 0.717) is 27.6 Å². The highest BCUT2D eigenvalue weighted by atomic mass is 35.5. The molecule has 0 bridgehead atoms. The summed E-state index contributed by atoms with van der Waals surface area (Å²) in [6, 6.07) is 16.1. The molecule has 0 unspecified atom stereocenters. The standard InChI is InChI=1S/C25H19Cl3N2O3/c26-20-12-21(27)25-22(23(20)28)18-2-1-3-19(18)24(29-25)15-6-10-17(11-7-15)33-13-14-4-8-16(9-5-14)30(31)32/h1-2,4-12,18-19,24,29H,3,13H2/t18-,19+,24+/m1/s1. The van der Waals surface area contributed by atoms with Gasteiger partial charge in [-0.05, 0) is 53.8 Å². The molecule has 2 aliphatic rings. The number of fused-ring (bicyclic) bond motifs is 3. The normalized spacial score (nSPS) is 20.6. The minimum atomic E-state index is -0.415. The zero-order chi connectivity index (χ0) is 23.1. The second-order valence-corrected chi connectivity index (χ2v) is 9.39. The molecule has 3 aromatic carbocycles. The number of non-ortho nitro benzene ring substituents is 1. The molecule has 0 amide bonds. The van der Waals surface area contributed by atoms with Gasteiger partial charge in [-0.15, -0.1) is 0 Å². The summed E-state index contributed by atoms with van der Waals surface area (Å²) in [7, 11) is 0. The Labute approximate surface area is 206 Å². The molecule has 8 heteroatoms. The highest BCUT2D eigenvalue weighted by molar-refractivity contribution is 6.44. The maximum atomic E-state index is 10.8. The summed E-state index contributed by atoms with van der Waals surface area (Å²) in [6.07, 6.45) is 5.31. The predicted molar refractivity (Wildman–Crippen MR) is 132 cm³/mol. The van der Waals surface area contributed by atoms with Gasteiger partial charge in [0.2, 0.25) is 0 Å². The van der Waals surface area contributed by atoms with Crippen LogP contribution in [0.25, 0.3) is 0 Å². The number of hydrogen-bond donors (Lipinski definition) is 1. The molecular formula is C25H19Cl3N2O3. The molecule has 0 radical (unpaired) electrons. The minimum absolute atomic E-state index is 0.0630. The number of halogens is 3. The maximum Gasteiger partial charge on any atom is 0.269 e. The SMILES string of the molecule is O=[N+]([O-])c1ccc(COc2ccc([C@@H]3Nc4c(Cl)cc(Cl)c(Cl)c4[C@@H]4C=CC[C@@H]43)cc2)cc1. The number of ether oxygens (including phenoxy) is 1. The third kappa shape index (κ3) is 4.17. The predicted octanol–water partition coefficient (Wildman–Crippen LogP) is 7.96. The van der Waals surface area contributed by atoms with Crippen LogP contribution in [0.5, 0.6) is 5.75 Å². The lowest BCUT2D eigenvalue weighted by molar-refractivity contribution is -0.384. The second kappa shape index (κ2) is 8.90. The molecule has 0 saturated heterocycles. The van der Waals surface area contributed by atoms with Crippen molar-refractivity contribution < 1.29 is 9.66 Å². The average molecular weight is 502 g/mol. The first-order chi connectivity index (χ1) is 15.9. The molecule has 5 nitrogen and oxygen atoms in total. The van der Waals surface area contributed by atoms with Crippen molar-refractivity contribution >= 4 is 46.2 Å². The summed E-state index contributed by atoms with van der Waals surface area (Å²) in [5.41, 5.74) is 3.85. The molecule has 1 aliphatic carbocycles. The molecular weight excluding hydrogens is 483 g/mol. The van der Waals surface area contributed by atoms with E-state index in [2.05, 4.69) is 29.6 Å². The topological polar surface area (TPSA) is 64.4 Å². The Bertz CT molecular complexity index is 1240. The van der Waals surface area contributed by atoms with E-state index in [-0.39, 0.29) is 17.6 Å². The fraction of sp³-hybridized carbons (Fsp3) is 0.200. The van der Waals surface area contributed by atoms with Crippen LogP contribution < -0.4 is 10.1 Å². The van der Waals surface area contributed by atoms with Gasteiger partial charge in [0, 0.05) is 23.6 Å². The number of rotatable bonds is 5. The first kappa shape index (κ1) is 22.1. The van der Waals surface area contributed by atoms with E-state index in [0.717, 1.165) is 34.5 Å². The molecule has 3 aromatic rings. The van der Waals surface area contributed by atoms with Gasteiger partial charge in [-0.2, -0.15) is 0 Å². The Morgan fingerprint density at radius 1 is 1.03 bits per heavy atom. The highest BCUT2D eigenvalue weighted by Gasteiger charge is 2.40. The van der Waals surface area contributed by atoms with Gasteiger partial charge in [0.25, 0.3) is 5.69 Å². The summed E-state index contributed by atoms with van der Waals surface area (Å²) in [5, 5.41) is 16.0. The van der Waals surface area contributed by atoms with Gasteiger partial charge in [-0.25, -0.2) is 0 Å².